The summed E-state index contributed by atoms with van der Waals surface area (Å²) in [5.41, 5.74) is 2.25. The maximum Gasteiger partial charge on any atom is 0.142 e. The highest BCUT2D eigenvalue weighted by molar-refractivity contribution is 5.58. The molecule has 1 saturated heterocycles. The van der Waals surface area contributed by atoms with Crippen LogP contribution in [0.3, 0.4) is 0 Å². The predicted octanol–water partition coefficient (Wildman–Crippen LogP) is 2.88. The zero-order valence-corrected chi connectivity index (χ0v) is 13.6. The van der Waals surface area contributed by atoms with Crippen molar-refractivity contribution < 1.29 is 9.26 Å². The Balaban J connectivity index is 1.35. The summed E-state index contributed by atoms with van der Waals surface area (Å²) in [6.45, 7) is 4.96. The maximum absolute atomic E-state index is 5.47. The molecule has 0 unspecified atom stereocenters. The molecule has 5 nitrogen and oxygen atoms in total. The molecule has 1 aliphatic carbocycles. The van der Waals surface area contributed by atoms with Crippen LogP contribution in [-0.2, 0) is 6.54 Å². The zero-order valence-electron chi connectivity index (χ0n) is 13.6. The molecule has 5 heteroatoms. The number of hydrogen-bond acceptors (Lipinski definition) is 5. The number of methoxy groups -OCH3 is 1. The van der Waals surface area contributed by atoms with E-state index in [2.05, 4.69) is 33.2 Å². The van der Waals surface area contributed by atoms with E-state index in [1.54, 1.807) is 7.11 Å². The summed E-state index contributed by atoms with van der Waals surface area (Å²) in [6, 6.07) is 10.4. The van der Waals surface area contributed by atoms with Crippen molar-refractivity contribution in [3.63, 3.8) is 0 Å². The van der Waals surface area contributed by atoms with Crippen LogP contribution in [0.15, 0.2) is 34.9 Å². The van der Waals surface area contributed by atoms with Crippen molar-refractivity contribution in [3.05, 3.63) is 41.8 Å². The normalized spacial score (nSPS) is 19.1. The number of nitrogens with zero attached hydrogens (tertiary/aromatic N) is 3. The average molecular weight is 313 g/mol. The molecule has 0 amide bonds. The molecule has 1 aromatic heterocycles. The van der Waals surface area contributed by atoms with Crippen LogP contribution >= 0.6 is 0 Å². The van der Waals surface area contributed by atoms with E-state index in [4.69, 9.17) is 9.26 Å². The van der Waals surface area contributed by atoms with Gasteiger partial charge in [-0.1, -0.05) is 17.3 Å². The molecule has 0 atom stereocenters. The first-order valence-corrected chi connectivity index (χ1v) is 8.39. The summed E-state index contributed by atoms with van der Waals surface area (Å²) < 4.78 is 10.9. The molecular weight excluding hydrogens is 290 g/mol. The lowest BCUT2D eigenvalue weighted by molar-refractivity contribution is 0.241. The van der Waals surface area contributed by atoms with Crippen LogP contribution in [0.5, 0.6) is 5.75 Å². The minimum absolute atomic E-state index is 0.638. The Morgan fingerprint density at radius 2 is 1.96 bits per heavy atom. The van der Waals surface area contributed by atoms with Gasteiger partial charge in [-0.2, -0.15) is 0 Å². The van der Waals surface area contributed by atoms with Gasteiger partial charge in [-0.05, 0) is 25.0 Å². The van der Waals surface area contributed by atoms with Crippen LogP contribution in [-0.4, -0.2) is 43.3 Å². The molecule has 122 valence electrons. The van der Waals surface area contributed by atoms with E-state index in [1.807, 2.05) is 12.1 Å². The van der Waals surface area contributed by atoms with Crippen molar-refractivity contribution in [1.82, 2.24) is 10.1 Å². The van der Waals surface area contributed by atoms with Gasteiger partial charge in [0.2, 0.25) is 0 Å². The van der Waals surface area contributed by atoms with E-state index in [9.17, 15) is 0 Å². The molecule has 1 saturated carbocycles. The molecule has 2 aromatic rings. The molecule has 2 fully saturated rings. The highest BCUT2D eigenvalue weighted by atomic mass is 16.5. The second kappa shape index (κ2) is 6.24. The number of ether oxygens (including phenoxy) is 1. The Kier molecular flexibility index (Phi) is 3.95. The summed E-state index contributed by atoms with van der Waals surface area (Å²) in [4.78, 5) is 4.84. The van der Waals surface area contributed by atoms with E-state index in [-0.39, 0.29) is 0 Å². The topological polar surface area (TPSA) is 41.7 Å². The standard InChI is InChI=1S/C18H23N3O2/c1-22-17-5-3-2-4-16(17)21-10-8-20(9-11-21)13-15-12-18(23-19-15)14-6-7-14/h2-5,12,14H,6-11,13H2,1H3. The number of para-hydroxylation sites is 2. The molecule has 1 aliphatic heterocycles. The molecule has 2 aliphatic rings. The van der Waals surface area contributed by atoms with Gasteiger partial charge < -0.3 is 14.2 Å². The first kappa shape index (κ1) is 14.6. The summed E-state index contributed by atoms with van der Waals surface area (Å²) >= 11 is 0. The van der Waals surface area contributed by atoms with Crippen molar-refractivity contribution >= 4 is 5.69 Å². The van der Waals surface area contributed by atoms with Gasteiger partial charge in [0.25, 0.3) is 0 Å². The highest BCUT2D eigenvalue weighted by Crippen LogP contribution is 2.40. The summed E-state index contributed by atoms with van der Waals surface area (Å²) in [5.74, 6) is 2.66. The largest absolute Gasteiger partial charge is 0.495 e. The number of hydrogen-bond donors (Lipinski definition) is 0. The monoisotopic (exact) mass is 313 g/mol. The fourth-order valence-corrected chi connectivity index (χ4v) is 3.23. The Morgan fingerprint density at radius 3 is 2.70 bits per heavy atom. The minimum atomic E-state index is 0.638. The van der Waals surface area contributed by atoms with Gasteiger partial charge in [0.05, 0.1) is 18.5 Å². The summed E-state index contributed by atoms with van der Waals surface area (Å²) in [6.07, 6.45) is 2.51. The van der Waals surface area contributed by atoms with Crippen molar-refractivity contribution in [1.29, 1.82) is 0 Å². The quantitative estimate of drug-likeness (QED) is 0.849. The second-order valence-electron chi connectivity index (χ2n) is 6.43. The van der Waals surface area contributed by atoms with Gasteiger partial charge in [0, 0.05) is 44.7 Å². The first-order chi connectivity index (χ1) is 11.3. The molecule has 0 spiro atoms. The maximum atomic E-state index is 5.47. The van der Waals surface area contributed by atoms with E-state index in [0.29, 0.717) is 5.92 Å². The number of piperazine rings is 1. The van der Waals surface area contributed by atoms with E-state index in [0.717, 1.165) is 49.9 Å². The molecule has 0 N–H and O–H groups in total. The Bertz CT molecular complexity index is 658. The summed E-state index contributed by atoms with van der Waals surface area (Å²) in [5, 5.41) is 4.23. The van der Waals surface area contributed by atoms with Crippen LogP contribution in [0.25, 0.3) is 0 Å². The number of benzene rings is 1. The fraction of sp³-hybridized carbons (Fsp3) is 0.500. The van der Waals surface area contributed by atoms with Gasteiger partial charge in [-0.3, -0.25) is 4.90 Å². The van der Waals surface area contributed by atoms with Crippen molar-refractivity contribution in [2.45, 2.75) is 25.3 Å². The third-order valence-corrected chi connectivity index (χ3v) is 4.74. The smallest absolute Gasteiger partial charge is 0.142 e. The third kappa shape index (κ3) is 3.20. The second-order valence-corrected chi connectivity index (χ2v) is 6.43. The van der Waals surface area contributed by atoms with Gasteiger partial charge in [0.15, 0.2) is 0 Å². The Labute approximate surface area is 136 Å². The lowest BCUT2D eigenvalue weighted by Crippen LogP contribution is -2.46. The van der Waals surface area contributed by atoms with Crippen LogP contribution in [0.4, 0.5) is 5.69 Å². The molecule has 1 aromatic carbocycles. The zero-order chi connectivity index (χ0) is 15.6. The number of aromatic nitrogens is 1. The van der Waals surface area contributed by atoms with E-state index >= 15 is 0 Å². The van der Waals surface area contributed by atoms with Gasteiger partial charge >= 0.3 is 0 Å². The Hall–Kier alpha value is -2.01. The lowest BCUT2D eigenvalue weighted by Gasteiger charge is -2.36. The van der Waals surface area contributed by atoms with E-state index < -0.39 is 0 Å². The van der Waals surface area contributed by atoms with Crippen LogP contribution in [0.2, 0.25) is 0 Å². The Morgan fingerprint density at radius 1 is 1.17 bits per heavy atom. The average Bonchev–Trinajstić information content (AvgIpc) is 3.35. The summed E-state index contributed by atoms with van der Waals surface area (Å²) in [7, 11) is 1.73. The highest BCUT2D eigenvalue weighted by Gasteiger charge is 2.28. The molecule has 2 heterocycles. The number of anilines is 1. The fourth-order valence-electron chi connectivity index (χ4n) is 3.23. The number of rotatable bonds is 5. The van der Waals surface area contributed by atoms with Crippen molar-refractivity contribution in [3.8, 4) is 5.75 Å². The third-order valence-electron chi connectivity index (χ3n) is 4.74. The molecule has 23 heavy (non-hydrogen) atoms. The molecule has 0 radical (unpaired) electrons. The SMILES string of the molecule is COc1ccccc1N1CCN(Cc2cc(C3CC3)on2)CC1. The van der Waals surface area contributed by atoms with Gasteiger partial charge in [0.1, 0.15) is 11.5 Å². The van der Waals surface area contributed by atoms with Crippen LogP contribution in [0.1, 0.15) is 30.2 Å². The van der Waals surface area contributed by atoms with Crippen LogP contribution < -0.4 is 9.64 Å². The van der Waals surface area contributed by atoms with Crippen molar-refractivity contribution in [2.75, 3.05) is 38.2 Å². The lowest BCUT2D eigenvalue weighted by atomic mass is 10.2. The predicted molar refractivity (Wildman–Crippen MR) is 89.0 cm³/mol. The molecule has 4 rings (SSSR count). The van der Waals surface area contributed by atoms with Crippen molar-refractivity contribution in [2.24, 2.45) is 0 Å². The molecule has 0 bridgehead atoms. The van der Waals surface area contributed by atoms with E-state index in [1.165, 1.54) is 18.5 Å². The van der Waals surface area contributed by atoms with Gasteiger partial charge in [-0.25, -0.2) is 0 Å². The minimum Gasteiger partial charge on any atom is -0.495 e. The van der Waals surface area contributed by atoms with Gasteiger partial charge in [-0.15, -0.1) is 0 Å². The molecular formula is C18H23N3O2. The first-order valence-electron chi connectivity index (χ1n) is 8.39. The van der Waals surface area contributed by atoms with Crippen LogP contribution in [0, 0.1) is 0 Å².